The van der Waals surface area contributed by atoms with E-state index < -0.39 is 18.2 Å². The van der Waals surface area contributed by atoms with E-state index in [0.29, 0.717) is 0 Å². The first-order chi connectivity index (χ1) is 4.95. The fourth-order valence-electron chi connectivity index (χ4n) is 0.438. The number of hydrogen-bond donors (Lipinski definition) is 1. The number of carbonyl (C=O) groups is 3. The molecule has 4 nitrogen and oxygen atoms in total. The normalized spacial score (nSPS) is 9.73. The van der Waals surface area contributed by atoms with Gasteiger partial charge in [-0.25, -0.2) is 4.79 Å². The number of hydrogen-bond acceptors (Lipinski definition) is 3. The minimum atomic E-state index is -1.54. The molecule has 0 atom stereocenters. The zero-order valence-electron chi connectivity index (χ0n) is 6.46. The molecule has 0 aliphatic carbocycles. The van der Waals surface area contributed by atoms with Crippen molar-refractivity contribution in [1.29, 1.82) is 0 Å². The fourth-order valence-corrected chi connectivity index (χ4v) is 0.438. The van der Waals surface area contributed by atoms with Gasteiger partial charge in [0.2, 0.25) is 5.78 Å². The molecule has 0 aromatic rings. The van der Waals surface area contributed by atoms with Crippen LogP contribution in [0.5, 0.6) is 0 Å². The standard InChI is InChI=1S/C7H10O4/c1-4(2)5(8)3-6(9)7(10)11/h4H,3H2,1-2H3,(H,10,11). The molecule has 0 aromatic carbocycles. The van der Waals surface area contributed by atoms with Gasteiger partial charge in [0, 0.05) is 5.92 Å². The van der Waals surface area contributed by atoms with Crippen molar-refractivity contribution < 1.29 is 19.5 Å². The van der Waals surface area contributed by atoms with Crippen LogP contribution >= 0.6 is 0 Å². The van der Waals surface area contributed by atoms with E-state index >= 15 is 0 Å². The Hall–Kier alpha value is -1.19. The van der Waals surface area contributed by atoms with Gasteiger partial charge >= 0.3 is 5.97 Å². The topological polar surface area (TPSA) is 71.4 Å². The van der Waals surface area contributed by atoms with Gasteiger partial charge in [-0.05, 0) is 0 Å². The molecule has 0 saturated heterocycles. The minimum absolute atomic E-state index is 0.279. The van der Waals surface area contributed by atoms with Gasteiger partial charge in [-0.1, -0.05) is 13.8 Å². The van der Waals surface area contributed by atoms with Crippen LogP contribution in [0.15, 0.2) is 0 Å². The Morgan fingerprint density at radius 1 is 1.27 bits per heavy atom. The van der Waals surface area contributed by atoms with Gasteiger partial charge in [0.15, 0.2) is 0 Å². The van der Waals surface area contributed by atoms with Crippen LogP contribution in [0.4, 0.5) is 0 Å². The maximum Gasteiger partial charge on any atom is 0.372 e. The molecule has 0 bridgehead atoms. The second kappa shape index (κ2) is 3.85. The lowest BCUT2D eigenvalue weighted by Crippen LogP contribution is -2.19. The molecule has 0 saturated carbocycles. The van der Waals surface area contributed by atoms with Crippen LogP contribution in [0.1, 0.15) is 20.3 Å². The first kappa shape index (κ1) is 9.81. The van der Waals surface area contributed by atoms with E-state index in [1.807, 2.05) is 0 Å². The number of carboxylic acid groups (broad SMARTS) is 1. The highest BCUT2D eigenvalue weighted by Gasteiger charge is 2.17. The number of ketones is 2. The van der Waals surface area contributed by atoms with E-state index in [2.05, 4.69) is 0 Å². The second-order valence-electron chi connectivity index (χ2n) is 2.53. The molecule has 0 amide bonds. The summed E-state index contributed by atoms with van der Waals surface area (Å²) >= 11 is 0. The highest BCUT2D eigenvalue weighted by Crippen LogP contribution is 1.98. The summed E-state index contributed by atoms with van der Waals surface area (Å²) in [4.78, 5) is 31.2. The van der Waals surface area contributed by atoms with Crippen LogP contribution in [-0.2, 0) is 14.4 Å². The Bertz CT molecular complexity index is 193. The molecule has 0 aliphatic rings. The number of rotatable bonds is 4. The van der Waals surface area contributed by atoms with Crippen LogP contribution in [0, 0.1) is 5.92 Å². The first-order valence-corrected chi connectivity index (χ1v) is 3.24. The largest absolute Gasteiger partial charge is 0.475 e. The van der Waals surface area contributed by atoms with E-state index in [4.69, 9.17) is 5.11 Å². The van der Waals surface area contributed by atoms with Crippen molar-refractivity contribution in [2.45, 2.75) is 20.3 Å². The van der Waals surface area contributed by atoms with Crippen LogP contribution in [-0.4, -0.2) is 22.6 Å². The van der Waals surface area contributed by atoms with E-state index in [0.717, 1.165) is 0 Å². The molecular formula is C7H10O4. The van der Waals surface area contributed by atoms with Gasteiger partial charge < -0.3 is 5.11 Å². The third-order valence-corrected chi connectivity index (χ3v) is 1.22. The molecule has 0 aliphatic heterocycles. The van der Waals surface area contributed by atoms with Crippen molar-refractivity contribution >= 4 is 17.5 Å². The minimum Gasteiger partial charge on any atom is -0.475 e. The van der Waals surface area contributed by atoms with Crippen molar-refractivity contribution in [1.82, 2.24) is 0 Å². The Kier molecular flexibility index (Phi) is 3.44. The monoisotopic (exact) mass is 158 g/mol. The molecule has 0 unspecified atom stereocenters. The van der Waals surface area contributed by atoms with Crippen molar-refractivity contribution in [2.75, 3.05) is 0 Å². The summed E-state index contributed by atoms with van der Waals surface area (Å²) in [5.41, 5.74) is 0. The summed E-state index contributed by atoms with van der Waals surface area (Å²) in [6.07, 6.45) is -0.493. The zero-order chi connectivity index (χ0) is 9.02. The number of carbonyl (C=O) groups excluding carboxylic acids is 2. The van der Waals surface area contributed by atoms with Gasteiger partial charge in [-0.3, -0.25) is 9.59 Å². The maximum absolute atomic E-state index is 10.8. The average Bonchev–Trinajstić information content (AvgIpc) is 1.87. The zero-order valence-corrected chi connectivity index (χ0v) is 6.46. The Balaban J connectivity index is 3.96. The summed E-state index contributed by atoms with van der Waals surface area (Å²) in [5, 5.41) is 8.11. The molecule has 0 fully saturated rings. The van der Waals surface area contributed by atoms with E-state index in [1.165, 1.54) is 0 Å². The van der Waals surface area contributed by atoms with Gasteiger partial charge in [-0.15, -0.1) is 0 Å². The lowest BCUT2D eigenvalue weighted by atomic mass is 10.0. The van der Waals surface area contributed by atoms with Crippen molar-refractivity contribution in [3.8, 4) is 0 Å². The fraction of sp³-hybridized carbons (Fsp3) is 0.571. The molecule has 0 spiro atoms. The molecule has 0 rings (SSSR count). The first-order valence-electron chi connectivity index (χ1n) is 3.24. The van der Waals surface area contributed by atoms with E-state index in [1.54, 1.807) is 13.8 Å². The summed E-state index contributed by atoms with van der Waals surface area (Å²) in [7, 11) is 0. The second-order valence-corrected chi connectivity index (χ2v) is 2.53. The van der Waals surface area contributed by atoms with Gasteiger partial charge in [-0.2, -0.15) is 0 Å². The Labute approximate surface area is 64.2 Å². The van der Waals surface area contributed by atoms with E-state index in [-0.39, 0.29) is 11.7 Å². The number of aliphatic carboxylic acids is 1. The molecule has 1 N–H and O–H groups in total. The van der Waals surface area contributed by atoms with Crippen LogP contribution in [0.3, 0.4) is 0 Å². The van der Waals surface area contributed by atoms with Crippen LogP contribution < -0.4 is 0 Å². The quantitative estimate of drug-likeness (QED) is 0.470. The molecule has 11 heavy (non-hydrogen) atoms. The third kappa shape index (κ3) is 3.50. The third-order valence-electron chi connectivity index (χ3n) is 1.22. The summed E-state index contributed by atoms with van der Waals surface area (Å²) < 4.78 is 0. The maximum atomic E-state index is 10.8. The van der Waals surface area contributed by atoms with E-state index in [9.17, 15) is 14.4 Å². The van der Waals surface area contributed by atoms with Gasteiger partial charge in [0.25, 0.3) is 0 Å². The number of Topliss-reactive ketones (excluding diaryl/α,β-unsaturated/α-hetero) is 2. The highest BCUT2D eigenvalue weighted by molar-refractivity contribution is 6.36. The highest BCUT2D eigenvalue weighted by atomic mass is 16.4. The van der Waals surface area contributed by atoms with Crippen molar-refractivity contribution in [3.63, 3.8) is 0 Å². The lowest BCUT2D eigenvalue weighted by Gasteiger charge is -1.99. The summed E-state index contributed by atoms with van der Waals surface area (Å²) in [5.74, 6) is -3.20. The summed E-state index contributed by atoms with van der Waals surface area (Å²) in [6, 6.07) is 0. The smallest absolute Gasteiger partial charge is 0.372 e. The SMILES string of the molecule is CC(C)C(=O)CC(=O)C(=O)O. The van der Waals surface area contributed by atoms with Gasteiger partial charge in [0.05, 0.1) is 6.42 Å². The summed E-state index contributed by atoms with van der Waals surface area (Å²) in [6.45, 7) is 3.24. The lowest BCUT2D eigenvalue weighted by molar-refractivity contribution is -0.150. The molecule has 0 aromatic heterocycles. The molecule has 4 heteroatoms. The van der Waals surface area contributed by atoms with Crippen LogP contribution in [0.25, 0.3) is 0 Å². The van der Waals surface area contributed by atoms with Crippen molar-refractivity contribution in [2.24, 2.45) is 5.92 Å². The van der Waals surface area contributed by atoms with Gasteiger partial charge in [0.1, 0.15) is 5.78 Å². The molecule has 0 radical (unpaired) electrons. The molecule has 0 heterocycles. The predicted molar refractivity (Wildman–Crippen MR) is 37.1 cm³/mol. The van der Waals surface area contributed by atoms with Crippen molar-refractivity contribution in [3.05, 3.63) is 0 Å². The number of carboxylic acids is 1. The average molecular weight is 158 g/mol. The predicted octanol–water partition coefficient (Wildman–Crippen LogP) is 0.255. The molecule has 62 valence electrons. The van der Waals surface area contributed by atoms with Crippen LogP contribution in [0.2, 0.25) is 0 Å². The Morgan fingerprint density at radius 3 is 2.00 bits per heavy atom. The molecular weight excluding hydrogens is 148 g/mol. The Morgan fingerprint density at radius 2 is 1.73 bits per heavy atom.